The molecule has 72 valence electrons. The van der Waals surface area contributed by atoms with Crippen molar-refractivity contribution in [2.24, 2.45) is 0 Å². The fourth-order valence-electron chi connectivity index (χ4n) is 1.10. The van der Waals surface area contributed by atoms with Gasteiger partial charge in [0.1, 0.15) is 0 Å². The number of nitrogens with two attached hydrogens (primary N) is 1. The summed E-state index contributed by atoms with van der Waals surface area (Å²) in [5.41, 5.74) is 7.40. The third-order valence-corrected chi connectivity index (χ3v) is 2.48. The van der Waals surface area contributed by atoms with Gasteiger partial charge < -0.3 is 5.73 Å². The van der Waals surface area contributed by atoms with Gasteiger partial charge in [-0.15, -0.1) is 0 Å². The van der Waals surface area contributed by atoms with Crippen LogP contribution < -0.4 is 5.73 Å². The average molecular weight is 300 g/mol. The molecule has 2 heterocycles. The van der Waals surface area contributed by atoms with Crippen molar-refractivity contribution in [1.29, 1.82) is 0 Å². The van der Waals surface area contributed by atoms with Gasteiger partial charge in [-0.3, -0.25) is 0 Å². The number of hydrogen-bond donors (Lipinski definition) is 1. The van der Waals surface area contributed by atoms with E-state index in [2.05, 4.69) is 32.7 Å². The predicted molar refractivity (Wildman–Crippen MR) is 63.2 cm³/mol. The Bertz CT molecular complexity index is 464. The van der Waals surface area contributed by atoms with E-state index in [9.17, 15) is 0 Å². The second-order valence-electron chi connectivity index (χ2n) is 3.00. The zero-order valence-corrected chi connectivity index (χ0v) is 9.76. The molecule has 2 aromatic rings. The van der Waals surface area contributed by atoms with Crippen LogP contribution in [0, 0.1) is 10.5 Å². The Kier molecular flexibility index (Phi) is 2.40. The molecule has 0 unspecified atom stereocenters. The summed E-state index contributed by atoms with van der Waals surface area (Å²) in [5, 5.41) is 4.16. The smallest absolute Gasteiger partial charge is 0.153 e. The van der Waals surface area contributed by atoms with Crippen LogP contribution in [-0.4, -0.2) is 14.8 Å². The molecule has 0 radical (unpaired) electrons. The van der Waals surface area contributed by atoms with E-state index in [0.29, 0.717) is 5.69 Å². The highest BCUT2D eigenvalue weighted by Crippen LogP contribution is 2.13. The Labute approximate surface area is 95.3 Å². The van der Waals surface area contributed by atoms with Crippen molar-refractivity contribution in [3.05, 3.63) is 33.8 Å². The van der Waals surface area contributed by atoms with Crippen LogP contribution in [0.4, 0.5) is 5.69 Å². The van der Waals surface area contributed by atoms with Gasteiger partial charge in [0.15, 0.2) is 5.82 Å². The van der Waals surface area contributed by atoms with Crippen molar-refractivity contribution >= 4 is 28.3 Å². The van der Waals surface area contributed by atoms with E-state index in [1.165, 1.54) is 0 Å². The molecule has 0 saturated heterocycles. The lowest BCUT2D eigenvalue weighted by atomic mass is 10.2. The van der Waals surface area contributed by atoms with Crippen molar-refractivity contribution in [2.75, 3.05) is 5.73 Å². The fraction of sp³-hybridized carbons (Fsp3) is 0.111. The van der Waals surface area contributed by atoms with E-state index in [1.54, 1.807) is 17.1 Å². The van der Waals surface area contributed by atoms with Crippen LogP contribution in [0.15, 0.2) is 24.7 Å². The maximum absolute atomic E-state index is 5.68. The van der Waals surface area contributed by atoms with E-state index in [4.69, 9.17) is 5.73 Å². The van der Waals surface area contributed by atoms with E-state index in [0.717, 1.165) is 15.0 Å². The van der Waals surface area contributed by atoms with Crippen LogP contribution in [0.25, 0.3) is 5.82 Å². The molecule has 2 N–H and O–H groups in total. The van der Waals surface area contributed by atoms with Crippen LogP contribution in [0.5, 0.6) is 0 Å². The standard InChI is InChI=1S/C9H9IN4/c1-6-2-9(12-4-8(6)11)14-5-7(10)3-13-14/h2-5H,11H2,1H3. The minimum Gasteiger partial charge on any atom is -0.397 e. The van der Waals surface area contributed by atoms with Gasteiger partial charge in [0.25, 0.3) is 0 Å². The molecule has 0 aliphatic rings. The molecule has 0 saturated carbocycles. The quantitative estimate of drug-likeness (QED) is 0.817. The summed E-state index contributed by atoms with van der Waals surface area (Å²) in [6.45, 7) is 1.95. The zero-order valence-electron chi connectivity index (χ0n) is 7.61. The summed E-state index contributed by atoms with van der Waals surface area (Å²) in [4.78, 5) is 4.19. The van der Waals surface area contributed by atoms with Crippen molar-refractivity contribution in [2.45, 2.75) is 6.92 Å². The van der Waals surface area contributed by atoms with Gasteiger partial charge in [-0.2, -0.15) is 5.10 Å². The molecular weight excluding hydrogens is 291 g/mol. The Morgan fingerprint density at radius 2 is 2.21 bits per heavy atom. The van der Waals surface area contributed by atoms with Gasteiger partial charge in [-0.25, -0.2) is 9.67 Å². The molecule has 0 aromatic carbocycles. The molecular formula is C9H9IN4. The molecule has 0 bridgehead atoms. The number of rotatable bonds is 1. The number of nitrogens with zero attached hydrogens (tertiary/aromatic N) is 3. The highest BCUT2D eigenvalue weighted by atomic mass is 127. The van der Waals surface area contributed by atoms with Gasteiger partial charge in [-0.05, 0) is 41.1 Å². The molecule has 4 nitrogen and oxygen atoms in total. The van der Waals surface area contributed by atoms with Crippen LogP contribution in [0.1, 0.15) is 5.56 Å². The van der Waals surface area contributed by atoms with Gasteiger partial charge in [-0.1, -0.05) is 0 Å². The summed E-state index contributed by atoms with van der Waals surface area (Å²) >= 11 is 2.21. The van der Waals surface area contributed by atoms with Crippen LogP contribution >= 0.6 is 22.6 Å². The molecule has 2 rings (SSSR count). The molecule has 0 amide bonds. The van der Waals surface area contributed by atoms with E-state index in [-0.39, 0.29) is 0 Å². The molecule has 0 atom stereocenters. The number of aryl methyl sites for hydroxylation is 1. The Morgan fingerprint density at radius 1 is 1.43 bits per heavy atom. The Balaban J connectivity index is 2.47. The number of pyridine rings is 1. The third kappa shape index (κ3) is 1.72. The Hall–Kier alpha value is -1.11. The lowest BCUT2D eigenvalue weighted by Gasteiger charge is -2.03. The fourth-order valence-corrected chi connectivity index (χ4v) is 1.49. The van der Waals surface area contributed by atoms with Gasteiger partial charge in [0, 0.05) is 6.20 Å². The molecule has 0 aliphatic heterocycles. The second kappa shape index (κ2) is 3.56. The number of halogens is 1. The van der Waals surface area contributed by atoms with Crippen LogP contribution in [0.2, 0.25) is 0 Å². The first-order valence-corrected chi connectivity index (χ1v) is 5.17. The number of nitrogen functional groups attached to an aromatic ring is 1. The lowest BCUT2D eigenvalue weighted by Crippen LogP contribution is -2.00. The monoisotopic (exact) mass is 300 g/mol. The largest absolute Gasteiger partial charge is 0.397 e. The minimum atomic E-state index is 0.704. The predicted octanol–water partition coefficient (Wildman–Crippen LogP) is 1.76. The first-order valence-electron chi connectivity index (χ1n) is 4.09. The molecule has 2 aromatic heterocycles. The van der Waals surface area contributed by atoms with Crippen molar-refractivity contribution in [1.82, 2.24) is 14.8 Å². The number of aromatic nitrogens is 3. The third-order valence-electron chi connectivity index (χ3n) is 1.92. The maximum Gasteiger partial charge on any atom is 0.153 e. The summed E-state index contributed by atoms with van der Waals surface area (Å²) < 4.78 is 2.81. The highest BCUT2D eigenvalue weighted by molar-refractivity contribution is 14.1. The van der Waals surface area contributed by atoms with E-state index >= 15 is 0 Å². The van der Waals surface area contributed by atoms with Crippen molar-refractivity contribution in [3.63, 3.8) is 0 Å². The number of anilines is 1. The maximum atomic E-state index is 5.68. The Morgan fingerprint density at radius 3 is 2.79 bits per heavy atom. The molecule has 14 heavy (non-hydrogen) atoms. The summed E-state index contributed by atoms with van der Waals surface area (Å²) in [5.74, 6) is 0.791. The van der Waals surface area contributed by atoms with Crippen LogP contribution in [-0.2, 0) is 0 Å². The van der Waals surface area contributed by atoms with Gasteiger partial charge >= 0.3 is 0 Å². The van der Waals surface area contributed by atoms with E-state index < -0.39 is 0 Å². The zero-order chi connectivity index (χ0) is 10.1. The first-order chi connectivity index (χ1) is 6.66. The first kappa shape index (κ1) is 9.45. The van der Waals surface area contributed by atoms with Crippen molar-refractivity contribution < 1.29 is 0 Å². The number of hydrogen-bond acceptors (Lipinski definition) is 3. The average Bonchev–Trinajstić information content (AvgIpc) is 2.57. The highest BCUT2D eigenvalue weighted by Gasteiger charge is 2.01. The van der Waals surface area contributed by atoms with Gasteiger partial charge in [0.2, 0.25) is 0 Å². The van der Waals surface area contributed by atoms with Crippen LogP contribution in [0.3, 0.4) is 0 Å². The molecule has 0 fully saturated rings. The van der Waals surface area contributed by atoms with Gasteiger partial charge in [0.05, 0.1) is 21.7 Å². The summed E-state index contributed by atoms with van der Waals surface area (Å²) in [7, 11) is 0. The lowest BCUT2D eigenvalue weighted by molar-refractivity contribution is 0.845. The molecule has 5 heteroatoms. The minimum absolute atomic E-state index is 0.704. The molecule has 0 spiro atoms. The normalized spacial score (nSPS) is 10.4. The molecule has 0 aliphatic carbocycles. The van der Waals surface area contributed by atoms with E-state index in [1.807, 2.05) is 19.2 Å². The summed E-state index contributed by atoms with van der Waals surface area (Å²) in [6.07, 6.45) is 5.35. The van der Waals surface area contributed by atoms with Crippen molar-refractivity contribution in [3.8, 4) is 5.82 Å². The topological polar surface area (TPSA) is 56.7 Å². The summed E-state index contributed by atoms with van der Waals surface area (Å²) in [6, 6.07) is 1.92. The SMILES string of the molecule is Cc1cc(-n2cc(I)cn2)ncc1N. The second-order valence-corrected chi connectivity index (χ2v) is 4.25.